The van der Waals surface area contributed by atoms with Crippen LogP contribution >= 0.6 is 0 Å². The Kier molecular flexibility index (Phi) is 3.80. The molecule has 2 aromatic rings. The quantitative estimate of drug-likeness (QED) is 0.826. The minimum Gasteiger partial charge on any atom is -0.324 e. The Morgan fingerprint density at radius 3 is 2.47 bits per heavy atom. The summed E-state index contributed by atoms with van der Waals surface area (Å²) in [5, 5.41) is 2.65. The van der Waals surface area contributed by atoms with E-state index in [9.17, 15) is 0 Å². The van der Waals surface area contributed by atoms with E-state index in [1.807, 2.05) is 0 Å². The van der Waals surface area contributed by atoms with E-state index in [0.717, 1.165) is 6.42 Å². The van der Waals surface area contributed by atoms with Crippen molar-refractivity contribution in [3.63, 3.8) is 0 Å². The molecule has 0 unspecified atom stereocenters. The van der Waals surface area contributed by atoms with Crippen molar-refractivity contribution in [3.8, 4) is 0 Å². The lowest BCUT2D eigenvalue weighted by Crippen LogP contribution is -2.10. The lowest BCUT2D eigenvalue weighted by Gasteiger charge is -2.15. The van der Waals surface area contributed by atoms with Crippen LogP contribution < -0.4 is 5.73 Å². The van der Waals surface area contributed by atoms with Gasteiger partial charge in [0.2, 0.25) is 0 Å². The fraction of sp³-hybridized carbons (Fsp3) is 0.375. The first kappa shape index (κ1) is 12.1. The summed E-state index contributed by atoms with van der Waals surface area (Å²) in [6.07, 6.45) is 3.48. The molecule has 0 saturated heterocycles. The van der Waals surface area contributed by atoms with Gasteiger partial charge in [0.15, 0.2) is 0 Å². The third-order valence-electron chi connectivity index (χ3n) is 3.44. The summed E-state index contributed by atoms with van der Waals surface area (Å²) in [5.74, 6) is 0. The highest BCUT2D eigenvalue weighted by Crippen LogP contribution is 2.28. The monoisotopic (exact) mass is 227 g/mol. The third kappa shape index (κ3) is 2.50. The van der Waals surface area contributed by atoms with Crippen LogP contribution in [0.2, 0.25) is 0 Å². The molecule has 0 spiro atoms. The van der Waals surface area contributed by atoms with E-state index in [0.29, 0.717) is 0 Å². The molecule has 0 heterocycles. The Hall–Kier alpha value is -1.34. The summed E-state index contributed by atoms with van der Waals surface area (Å²) in [6.45, 7) is 4.36. The first-order valence-corrected chi connectivity index (χ1v) is 6.48. The van der Waals surface area contributed by atoms with Crippen LogP contribution in [0.25, 0.3) is 10.8 Å². The second-order valence-electron chi connectivity index (χ2n) is 4.77. The maximum Gasteiger partial charge on any atom is 0.0301 e. The lowest BCUT2D eigenvalue weighted by atomic mass is 9.94. The van der Waals surface area contributed by atoms with Gasteiger partial charge in [-0.3, -0.25) is 0 Å². The van der Waals surface area contributed by atoms with E-state index in [1.165, 1.54) is 34.7 Å². The molecule has 0 aliphatic rings. The zero-order chi connectivity index (χ0) is 12.3. The van der Waals surface area contributed by atoms with Gasteiger partial charge in [-0.1, -0.05) is 56.2 Å². The summed E-state index contributed by atoms with van der Waals surface area (Å²) >= 11 is 0. The largest absolute Gasteiger partial charge is 0.324 e. The van der Waals surface area contributed by atoms with Crippen LogP contribution in [0.5, 0.6) is 0 Å². The summed E-state index contributed by atoms with van der Waals surface area (Å²) in [5.41, 5.74) is 8.91. The number of fused-ring (bicyclic) bond motifs is 1. The SMILES string of the molecule is CCCC[C@@H](N)c1ccc(C)c2ccccc12. The number of rotatable bonds is 4. The van der Waals surface area contributed by atoms with Crippen LogP contribution in [-0.2, 0) is 0 Å². The molecule has 17 heavy (non-hydrogen) atoms. The molecule has 0 radical (unpaired) electrons. The average molecular weight is 227 g/mol. The highest BCUT2D eigenvalue weighted by atomic mass is 14.6. The number of hydrogen-bond donors (Lipinski definition) is 1. The zero-order valence-corrected chi connectivity index (χ0v) is 10.7. The topological polar surface area (TPSA) is 26.0 Å². The van der Waals surface area contributed by atoms with E-state index >= 15 is 0 Å². The Labute approximate surface area is 104 Å². The minimum absolute atomic E-state index is 0.167. The van der Waals surface area contributed by atoms with Gasteiger partial charge < -0.3 is 5.73 Å². The Bertz CT molecular complexity index is 502. The Morgan fingerprint density at radius 1 is 1.06 bits per heavy atom. The van der Waals surface area contributed by atoms with Crippen molar-refractivity contribution >= 4 is 10.8 Å². The third-order valence-corrected chi connectivity index (χ3v) is 3.44. The molecule has 90 valence electrons. The van der Waals surface area contributed by atoms with Gasteiger partial charge in [0.25, 0.3) is 0 Å². The van der Waals surface area contributed by atoms with Crippen molar-refractivity contribution in [1.29, 1.82) is 0 Å². The van der Waals surface area contributed by atoms with E-state index in [4.69, 9.17) is 5.73 Å². The minimum atomic E-state index is 0.167. The first-order valence-electron chi connectivity index (χ1n) is 6.48. The molecule has 1 heteroatoms. The predicted molar refractivity (Wildman–Crippen MR) is 75.1 cm³/mol. The number of benzene rings is 2. The average Bonchev–Trinajstić information content (AvgIpc) is 2.37. The van der Waals surface area contributed by atoms with Gasteiger partial charge in [-0.25, -0.2) is 0 Å². The van der Waals surface area contributed by atoms with Crippen LogP contribution in [0.4, 0.5) is 0 Å². The molecule has 0 aliphatic heterocycles. The fourth-order valence-corrected chi connectivity index (χ4v) is 2.38. The molecule has 1 atom stereocenters. The highest BCUT2D eigenvalue weighted by Gasteiger charge is 2.10. The van der Waals surface area contributed by atoms with Gasteiger partial charge in [0.05, 0.1) is 0 Å². The summed E-state index contributed by atoms with van der Waals surface area (Å²) < 4.78 is 0. The van der Waals surface area contributed by atoms with Crippen molar-refractivity contribution in [1.82, 2.24) is 0 Å². The van der Waals surface area contributed by atoms with Gasteiger partial charge in [0, 0.05) is 6.04 Å². The van der Waals surface area contributed by atoms with Crippen molar-refractivity contribution in [2.75, 3.05) is 0 Å². The molecule has 2 rings (SSSR count). The molecule has 0 amide bonds. The molecule has 1 nitrogen and oxygen atoms in total. The second kappa shape index (κ2) is 5.33. The smallest absolute Gasteiger partial charge is 0.0301 e. The summed E-state index contributed by atoms with van der Waals surface area (Å²) in [4.78, 5) is 0. The van der Waals surface area contributed by atoms with Gasteiger partial charge in [-0.05, 0) is 35.2 Å². The normalized spacial score (nSPS) is 12.9. The van der Waals surface area contributed by atoms with E-state index in [-0.39, 0.29) is 6.04 Å². The standard InChI is InChI=1S/C16H21N/c1-3-4-9-16(17)15-11-10-12(2)13-7-5-6-8-14(13)15/h5-8,10-11,16H,3-4,9,17H2,1-2H3/t16-/m1/s1. The molecular formula is C16H21N. The summed E-state index contributed by atoms with van der Waals surface area (Å²) in [7, 11) is 0. The van der Waals surface area contributed by atoms with Crippen LogP contribution in [0.15, 0.2) is 36.4 Å². The van der Waals surface area contributed by atoms with Gasteiger partial charge in [0.1, 0.15) is 0 Å². The van der Waals surface area contributed by atoms with Gasteiger partial charge >= 0.3 is 0 Å². The molecule has 2 N–H and O–H groups in total. The lowest BCUT2D eigenvalue weighted by molar-refractivity contribution is 0.606. The Balaban J connectivity index is 2.44. The highest BCUT2D eigenvalue weighted by molar-refractivity contribution is 5.88. The zero-order valence-electron chi connectivity index (χ0n) is 10.7. The molecule has 0 saturated carbocycles. The molecule has 0 aromatic heterocycles. The molecule has 0 aliphatic carbocycles. The van der Waals surface area contributed by atoms with Crippen LogP contribution in [-0.4, -0.2) is 0 Å². The number of nitrogens with two attached hydrogens (primary N) is 1. The van der Waals surface area contributed by atoms with E-state index in [2.05, 4.69) is 50.2 Å². The first-order chi connectivity index (χ1) is 8.24. The number of unbranched alkanes of at least 4 members (excludes halogenated alkanes) is 1. The van der Waals surface area contributed by atoms with Gasteiger partial charge in [-0.15, -0.1) is 0 Å². The second-order valence-corrected chi connectivity index (χ2v) is 4.77. The molecule has 0 fully saturated rings. The molecule has 0 bridgehead atoms. The number of aryl methyl sites for hydroxylation is 1. The van der Waals surface area contributed by atoms with Crippen LogP contribution in [0.1, 0.15) is 43.4 Å². The summed E-state index contributed by atoms with van der Waals surface area (Å²) in [6, 6.07) is 13.1. The van der Waals surface area contributed by atoms with Crippen molar-refractivity contribution in [3.05, 3.63) is 47.5 Å². The van der Waals surface area contributed by atoms with Crippen LogP contribution in [0.3, 0.4) is 0 Å². The number of hydrogen-bond acceptors (Lipinski definition) is 1. The maximum absolute atomic E-state index is 6.30. The van der Waals surface area contributed by atoms with Crippen molar-refractivity contribution < 1.29 is 0 Å². The van der Waals surface area contributed by atoms with Crippen LogP contribution in [0, 0.1) is 6.92 Å². The molecular weight excluding hydrogens is 206 g/mol. The maximum atomic E-state index is 6.30. The van der Waals surface area contributed by atoms with Gasteiger partial charge in [-0.2, -0.15) is 0 Å². The predicted octanol–water partition coefficient (Wildman–Crippen LogP) is 4.34. The van der Waals surface area contributed by atoms with E-state index in [1.54, 1.807) is 0 Å². The fourth-order valence-electron chi connectivity index (χ4n) is 2.38. The molecule has 2 aromatic carbocycles. The van der Waals surface area contributed by atoms with Crippen molar-refractivity contribution in [2.24, 2.45) is 5.73 Å². The van der Waals surface area contributed by atoms with Crippen molar-refractivity contribution in [2.45, 2.75) is 39.2 Å². The Morgan fingerprint density at radius 2 is 1.76 bits per heavy atom. The van der Waals surface area contributed by atoms with E-state index < -0.39 is 0 Å².